The van der Waals surface area contributed by atoms with E-state index in [0.717, 1.165) is 29.7 Å². The van der Waals surface area contributed by atoms with Crippen LogP contribution in [0.1, 0.15) is 40.2 Å². The van der Waals surface area contributed by atoms with Gasteiger partial charge in [0.15, 0.2) is 11.5 Å². The van der Waals surface area contributed by atoms with E-state index in [4.69, 9.17) is 9.26 Å². The Kier molecular flexibility index (Phi) is 3.07. The molecule has 2 aromatic rings. The highest BCUT2D eigenvalue weighted by molar-refractivity contribution is 5.98. The SMILES string of the molecule is Cc1cc(COc2ccc3c(c2)C(=O)CCC3)on1. The quantitative estimate of drug-likeness (QED) is 0.847. The van der Waals surface area contributed by atoms with E-state index in [1.165, 1.54) is 0 Å². The van der Waals surface area contributed by atoms with Gasteiger partial charge in [-0.2, -0.15) is 0 Å². The number of hydrogen-bond acceptors (Lipinski definition) is 4. The van der Waals surface area contributed by atoms with E-state index in [9.17, 15) is 4.79 Å². The molecule has 0 N–H and O–H groups in total. The van der Waals surface area contributed by atoms with Crippen LogP contribution in [0.4, 0.5) is 0 Å². The summed E-state index contributed by atoms with van der Waals surface area (Å²) in [4.78, 5) is 11.8. The summed E-state index contributed by atoms with van der Waals surface area (Å²) in [6.45, 7) is 2.19. The molecule has 0 saturated heterocycles. The number of ketones is 1. The largest absolute Gasteiger partial charge is 0.486 e. The van der Waals surface area contributed by atoms with Gasteiger partial charge in [0.1, 0.15) is 12.4 Å². The lowest BCUT2D eigenvalue weighted by molar-refractivity contribution is 0.0972. The highest BCUT2D eigenvalue weighted by atomic mass is 16.5. The first-order valence-electron chi connectivity index (χ1n) is 6.43. The molecule has 1 aromatic carbocycles. The number of aromatic nitrogens is 1. The molecular formula is C15H15NO3. The number of fused-ring (bicyclic) bond motifs is 1. The molecule has 0 atom stereocenters. The van der Waals surface area contributed by atoms with E-state index in [-0.39, 0.29) is 5.78 Å². The number of benzene rings is 1. The second-order valence-electron chi connectivity index (χ2n) is 4.82. The van der Waals surface area contributed by atoms with Gasteiger partial charge >= 0.3 is 0 Å². The van der Waals surface area contributed by atoms with Crippen LogP contribution in [0.15, 0.2) is 28.8 Å². The zero-order chi connectivity index (χ0) is 13.2. The van der Waals surface area contributed by atoms with Crippen LogP contribution in [-0.2, 0) is 13.0 Å². The van der Waals surface area contributed by atoms with Crippen molar-refractivity contribution in [2.24, 2.45) is 0 Å². The van der Waals surface area contributed by atoms with E-state index in [0.29, 0.717) is 24.5 Å². The number of rotatable bonds is 3. The third kappa shape index (κ3) is 2.52. The minimum atomic E-state index is 0.210. The van der Waals surface area contributed by atoms with Crippen molar-refractivity contribution >= 4 is 5.78 Å². The molecule has 4 heteroatoms. The number of carbonyl (C=O) groups excluding carboxylic acids is 1. The van der Waals surface area contributed by atoms with Crippen LogP contribution < -0.4 is 4.74 Å². The van der Waals surface area contributed by atoms with Crippen LogP contribution in [0.5, 0.6) is 5.75 Å². The number of ether oxygens (including phenoxy) is 1. The molecule has 1 aromatic heterocycles. The lowest BCUT2D eigenvalue weighted by atomic mass is 9.90. The minimum absolute atomic E-state index is 0.210. The van der Waals surface area contributed by atoms with Crippen molar-refractivity contribution < 1.29 is 14.1 Å². The molecule has 0 aliphatic heterocycles. The number of hydrogen-bond donors (Lipinski definition) is 0. The first kappa shape index (κ1) is 12.0. The zero-order valence-corrected chi connectivity index (χ0v) is 10.8. The Morgan fingerprint density at radius 1 is 1.32 bits per heavy atom. The smallest absolute Gasteiger partial charge is 0.174 e. The van der Waals surface area contributed by atoms with Crippen molar-refractivity contribution in [3.8, 4) is 5.75 Å². The molecule has 0 fully saturated rings. The van der Waals surface area contributed by atoms with Gasteiger partial charge in [-0.15, -0.1) is 0 Å². The summed E-state index contributed by atoms with van der Waals surface area (Å²) in [5.41, 5.74) is 2.76. The number of Topliss-reactive ketones (excluding diaryl/α,β-unsaturated/α-hetero) is 1. The molecule has 0 spiro atoms. The first-order chi connectivity index (χ1) is 9.22. The van der Waals surface area contributed by atoms with Gasteiger partial charge in [0.2, 0.25) is 0 Å². The van der Waals surface area contributed by atoms with Gasteiger partial charge in [-0.25, -0.2) is 0 Å². The van der Waals surface area contributed by atoms with Crippen molar-refractivity contribution in [1.82, 2.24) is 5.16 Å². The van der Waals surface area contributed by atoms with Crippen LogP contribution >= 0.6 is 0 Å². The molecule has 1 heterocycles. The van der Waals surface area contributed by atoms with Gasteiger partial charge in [0.25, 0.3) is 0 Å². The van der Waals surface area contributed by atoms with Crippen LogP contribution in [0, 0.1) is 6.92 Å². The van der Waals surface area contributed by atoms with Crippen LogP contribution in [0.2, 0.25) is 0 Å². The van der Waals surface area contributed by atoms with E-state index >= 15 is 0 Å². The number of nitrogens with zero attached hydrogens (tertiary/aromatic N) is 1. The third-order valence-electron chi connectivity index (χ3n) is 3.29. The monoisotopic (exact) mass is 257 g/mol. The summed E-state index contributed by atoms with van der Waals surface area (Å²) in [6, 6.07) is 7.55. The van der Waals surface area contributed by atoms with E-state index < -0.39 is 0 Å². The van der Waals surface area contributed by atoms with Gasteiger partial charge in [-0.05, 0) is 37.5 Å². The summed E-state index contributed by atoms with van der Waals surface area (Å²) in [5.74, 6) is 1.59. The Balaban J connectivity index is 1.75. The molecule has 1 aliphatic carbocycles. The molecule has 1 aliphatic rings. The van der Waals surface area contributed by atoms with Crippen molar-refractivity contribution in [1.29, 1.82) is 0 Å². The molecule has 0 radical (unpaired) electrons. The van der Waals surface area contributed by atoms with Crippen molar-refractivity contribution in [2.75, 3.05) is 0 Å². The van der Waals surface area contributed by atoms with Gasteiger partial charge in [0, 0.05) is 18.1 Å². The highest BCUT2D eigenvalue weighted by Gasteiger charge is 2.17. The summed E-state index contributed by atoms with van der Waals surface area (Å²) in [5, 5.41) is 3.80. The van der Waals surface area contributed by atoms with Crippen molar-refractivity contribution in [3.05, 3.63) is 46.8 Å². The Hall–Kier alpha value is -2.10. The van der Waals surface area contributed by atoms with Crippen LogP contribution in [-0.4, -0.2) is 10.9 Å². The summed E-state index contributed by atoms with van der Waals surface area (Å²) in [6.07, 6.45) is 2.56. The number of aryl methyl sites for hydroxylation is 2. The van der Waals surface area contributed by atoms with E-state index in [2.05, 4.69) is 5.16 Å². The Morgan fingerprint density at radius 2 is 2.21 bits per heavy atom. The maximum Gasteiger partial charge on any atom is 0.174 e. The summed E-state index contributed by atoms with van der Waals surface area (Å²) < 4.78 is 10.7. The minimum Gasteiger partial charge on any atom is -0.486 e. The summed E-state index contributed by atoms with van der Waals surface area (Å²) in [7, 11) is 0. The first-order valence-corrected chi connectivity index (χ1v) is 6.43. The fourth-order valence-electron chi connectivity index (χ4n) is 2.34. The topological polar surface area (TPSA) is 52.3 Å². The average molecular weight is 257 g/mol. The molecule has 3 rings (SSSR count). The molecule has 98 valence electrons. The second kappa shape index (κ2) is 4.88. The zero-order valence-electron chi connectivity index (χ0n) is 10.8. The molecular weight excluding hydrogens is 242 g/mol. The maximum atomic E-state index is 11.8. The fourth-order valence-corrected chi connectivity index (χ4v) is 2.34. The van der Waals surface area contributed by atoms with E-state index in [1.54, 1.807) is 0 Å². The molecule has 0 saturated carbocycles. The molecule has 0 amide bonds. The van der Waals surface area contributed by atoms with Gasteiger partial charge in [0.05, 0.1) is 5.69 Å². The number of carbonyl (C=O) groups is 1. The third-order valence-corrected chi connectivity index (χ3v) is 3.29. The average Bonchev–Trinajstić information content (AvgIpc) is 2.83. The Morgan fingerprint density at radius 3 is 3.00 bits per heavy atom. The Bertz CT molecular complexity index is 616. The van der Waals surface area contributed by atoms with Crippen molar-refractivity contribution in [2.45, 2.75) is 32.8 Å². The van der Waals surface area contributed by atoms with Crippen LogP contribution in [0.3, 0.4) is 0 Å². The molecule has 4 nitrogen and oxygen atoms in total. The fraction of sp³-hybridized carbons (Fsp3) is 0.333. The molecule has 19 heavy (non-hydrogen) atoms. The second-order valence-corrected chi connectivity index (χ2v) is 4.82. The standard InChI is InChI=1S/C15H15NO3/c1-10-7-13(19-16-10)9-18-12-6-5-11-3-2-4-15(17)14(11)8-12/h5-8H,2-4,9H2,1H3. The molecule has 0 bridgehead atoms. The van der Waals surface area contributed by atoms with Crippen LogP contribution in [0.25, 0.3) is 0 Å². The lowest BCUT2D eigenvalue weighted by Gasteiger charge is -2.15. The van der Waals surface area contributed by atoms with Gasteiger partial charge < -0.3 is 9.26 Å². The Labute approximate surface area is 111 Å². The van der Waals surface area contributed by atoms with E-state index in [1.807, 2.05) is 31.2 Å². The lowest BCUT2D eigenvalue weighted by Crippen LogP contribution is -2.10. The predicted octanol–water partition coefficient (Wildman–Crippen LogP) is 3.08. The van der Waals surface area contributed by atoms with Crippen molar-refractivity contribution in [3.63, 3.8) is 0 Å². The predicted molar refractivity (Wildman–Crippen MR) is 69.3 cm³/mol. The normalized spacial score (nSPS) is 14.3. The summed E-state index contributed by atoms with van der Waals surface area (Å²) >= 11 is 0. The maximum absolute atomic E-state index is 11.8. The van der Waals surface area contributed by atoms with Gasteiger partial charge in [-0.3, -0.25) is 4.79 Å². The van der Waals surface area contributed by atoms with Gasteiger partial charge in [-0.1, -0.05) is 11.2 Å². The molecule has 0 unspecified atom stereocenters. The highest BCUT2D eigenvalue weighted by Crippen LogP contribution is 2.25.